The summed E-state index contributed by atoms with van der Waals surface area (Å²) in [4.78, 5) is 20.3. The highest BCUT2D eigenvalue weighted by atomic mass is 19.1. The zero-order valence-corrected chi connectivity index (χ0v) is 14.0. The number of hydrogen-bond acceptors (Lipinski definition) is 4. The van der Waals surface area contributed by atoms with Crippen LogP contribution in [0.15, 0.2) is 36.4 Å². The van der Waals surface area contributed by atoms with Crippen molar-refractivity contribution in [1.82, 2.24) is 5.32 Å². The van der Waals surface area contributed by atoms with Gasteiger partial charge in [-0.3, -0.25) is 10.1 Å². The van der Waals surface area contributed by atoms with E-state index in [2.05, 4.69) is 5.32 Å². The van der Waals surface area contributed by atoms with E-state index in [4.69, 9.17) is 9.84 Å². The van der Waals surface area contributed by atoms with Gasteiger partial charge >= 0.3 is 11.8 Å². The second kappa shape index (κ2) is 7.34. The Bertz CT molecular complexity index is 838. The van der Waals surface area contributed by atoms with Crippen molar-refractivity contribution >= 4 is 11.8 Å². The number of halogens is 2. The Morgan fingerprint density at radius 1 is 1.23 bits per heavy atom. The predicted octanol–water partition coefficient (Wildman–Crippen LogP) is 4.25. The Balaban J connectivity index is 2.14. The first-order valence-electron chi connectivity index (χ1n) is 7.49. The second-order valence-electron chi connectivity index (χ2n) is 6.23. The highest BCUT2D eigenvalue weighted by Gasteiger charge is 2.21. The van der Waals surface area contributed by atoms with Crippen molar-refractivity contribution in [2.24, 2.45) is 0 Å². The fourth-order valence-electron chi connectivity index (χ4n) is 2.38. The summed E-state index contributed by atoms with van der Waals surface area (Å²) < 4.78 is 32.7. The van der Waals surface area contributed by atoms with Crippen LogP contribution in [0.1, 0.15) is 19.4 Å². The second-order valence-corrected chi connectivity index (χ2v) is 6.23. The number of hydrogen-bond donors (Lipinski definition) is 2. The largest absolute Gasteiger partial charge is 0.465 e. The van der Waals surface area contributed by atoms with Crippen molar-refractivity contribution < 1.29 is 28.3 Å². The zero-order valence-electron chi connectivity index (χ0n) is 14.0. The van der Waals surface area contributed by atoms with E-state index in [1.807, 2.05) is 0 Å². The zero-order chi connectivity index (χ0) is 19.5. The predicted molar refractivity (Wildman–Crippen MR) is 88.5 cm³/mol. The summed E-state index contributed by atoms with van der Waals surface area (Å²) >= 11 is 0. The SMILES string of the molecule is CC(C)(Cc1ccc(Oc2cc(F)c([N+](=O)[O-])cc2F)cc1)NC(=O)O. The van der Waals surface area contributed by atoms with E-state index in [1.54, 1.807) is 26.0 Å². The summed E-state index contributed by atoms with van der Waals surface area (Å²) in [7, 11) is 0. The summed E-state index contributed by atoms with van der Waals surface area (Å²) in [6.07, 6.45) is -0.731. The van der Waals surface area contributed by atoms with Crippen LogP contribution in [0.4, 0.5) is 19.3 Å². The van der Waals surface area contributed by atoms with Crippen LogP contribution >= 0.6 is 0 Å². The smallest absolute Gasteiger partial charge is 0.405 e. The molecular weight excluding hydrogens is 350 g/mol. The van der Waals surface area contributed by atoms with Gasteiger partial charge in [0.15, 0.2) is 11.6 Å². The van der Waals surface area contributed by atoms with Gasteiger partial charge in [0.05, 0.1) is 11.0 Å². The molecule has 0 spiro atoms. The maximum absolute atomic E-state index is 13.8. The van der Waals surface area contributed by atoms with Crippen LogP contribution in [0, 0.1) is 21.7 Å². The fraction of sp³-hybridized carbons (Fsp3) is 0.235. The van der Waals surface area contributed by atoms with Gasteiger partial charge in [-0.1, -0.05) is 12.1 Å². The highest BCUT2D eigenvalue weighted by molar-refractivity contribution is 5.65. The number of ether oxygens (including phenoxy) is 1. The number of amides is 1. The van der Waals surface area contributed by atoms with E-state index in [-0.39, 0.29) is 5.75 Å². The van der Waals surface area contributed by atoms with Crippen molar-refractivity contribution in [3.63, 3.8) is 0 Å². The van der Waals surface area contributed by atoms with Gasteiger partial charge < -0.3 is 15.2 Å². The van der Waals surface area contributed by atoms with Gasteiger partial charge in [-0.05, 0) is 38.0 Å². The third-order valence-corrected chi connectivity index (χ3v) is 3.44. The summed E-state index contributed by atoms with van der Waals surface area (Å²) in [6, 6.07) is 7.39. The molecule has 0 aliphatic carbocycles. The van der Waals surface area contributed by atoms with E-state index in [0.29, 0.717) is 18.6 Å². The lowest BCUT2D eigenvalue weighted by molar-refractivity contribution is -0.387. The van der Waals surface area contributed by atoms with Gasteiger partial charge in [0.1, 0.15) is 5.75 Å². The van der Waals surface area contributed by atoms with Crippen LogP contribution in [-0.2, 0) is 6.42 Å². The molecule has 9 heteroatoms. The molecule has 0 saturated heterocycles. The Morgan fingerprint density at radius 2 is 1.85 bits per heavy atom. The van der Waals surface area contributed by atoms with E-state index in [9.17, 15) is 23.7 Å². The molecule has 0 unspecified atom stereocenters. The molecule has 0 saturated carbocycles. The molecule has 0 heterocycles. The average Bonchev–Trinajstić information content (AvgIpc) is 2.50. The molecule has 0 radical (unpaired) electrons. The Hall–Kier alpha value is -3.23. The quantitative estimate of drug-likeness (QED) is 0.588. The average molecular weight is 366 g/mol. The van der Waals surface area contributed by atoms with E-state index < -0.39 is 39.6 Å². The molecule has 26 heavy (non-hydrogen) atoms. The van der Waals surface area contributed by atoms with Crippen LogP contribution in [0.25, 0.3) is 0 Å². The van der Waals surface area contributed by atoms with E-state index >= 15 is 0 Å². The fourth-order valence-corrected chi connectivity index (χ4v) is 2.38. The highest BCUT2D eigenvalue weighted by Crippen LogP contribution is 2.30. The number of rotatable bonds is 6. The lowest BCUT2D eigenvalue weighted by Crippen LogP contribution is -2.44. The number of nitrogens with one attached hydrogen (secondary N) is 1. The number of nitrogens with zero attached hydrogens (tertiary/aromatic N) is 1. The first-order chi connectivity index (χ1) is 12.1. The molecule has 2 aromatic carbocycles. The Labute approximate surface area is 147 Å². The normalized spacial score (nSPS) is 11.1. The molecule has 0 fully saturated rings. The van der Waals surface area contributed by atoms with Gasteiger partial charge in [0, 0.05) is 11.6 Å². The number of benzene rings is 2. The standard InChI is InChI=1S/C17H16F2N2O5/c1-17(2,20-16(22)23)9-10-3-5-11(6-4-10)26-15-8-12(18)14(21(24)25)7-13(15)19/h3-8,20H,9H2,1-2H3,(H,22,23). The number of carboxylic acid groups (broad SMARTS) is 1. The maximum atomic E-state index is 13.8. The molecule has 1 amide bonds. The molecule has 2 rings (SSSR count). The number of nitro groups is 1. The first kappa shape index (κ1) is 19.1. The van der Waals surface area contributed by atoms with E-state index in [0.717, 1.165) is 5.56 Å². The van der Waals surface area contributed by atoms with Gasteiger partial charge in [0.2, 0.25) is 5.82 Å². The minimum atomic E-state index is -1.20. The molecule has 2 N–H and O–H groups in total. The van der Waals surface area contributed by atoms with Gasteiger partial charge in [0.25, 0.3) is 0 Å². The minimum absolute atomic E-state index is 0.199. The van der Waals surface area contributed by atoms with Gasteiger partial charge in [-0.2, -0.15) is 4.39 Å². The van der Waals surface area contributed by atoms with Gasteiger partial charge in [-0.15, -0.1) is 0 Å². The molecule has 7 nitrogen and oxygen atoms in total. The Kier molecular flexibility index (Phi) is 5.39. The van der Waals surface area contributed by atoms with Gasteiger partial charge in [-0.25, -0.2) is 9.18 Å². The maximum Gasteiger partial charge on any atom is 0.405 e. The van der Waals surface area contributed by atoms with Crippen molar-refractivity contribution in [3.05, 3.63) is 63.7 Å². The van der Waals surface area contributed by atoms with E-state index in [1.165, 1.54) is 12.1 Å². The lowest BCUT2D eigenvalue weighted by atomic mass is 9.95. The van der Waals surface area contributed by atoms with Crippen LogP contribution in [0.5, 0.6) is 11.5 Å². The van der Waals surface area contributed by atoms with Crippen molar-refractivity contribution in [2.75, 3.05) is 0 Å². The third kappa shape index (κ3) is 4.88. The molecule has 0 aliphatic rings. The van der Waals surface area contributed by atoms with Crippen molar-refractivity contribution in [2.45, 2.75) is 25.8 Å². The van der Waals surface area contributed by atoms with Crippen molar-refractivity contribution in [1.29, 1.82) is 0 Å². The first-order valence-corrected chi connectivity index (χ1v) is 7.49. The summed E-state index contributed by atoms with van der Waals surface area (Å²) in [5.41, 5.74) is -0.869. The molecule has 0 bridgehead atoms. The molecule has 0 atom stereocenters. The molecule has 0 aliphatic heterocycles. The van der Waals surface area contributed by atoms with Crippen LogP contribution in [0.3, 0.4) is 0 Å². The molecular formula is C17H16F2N2O5. The summed E-state index contributed by atoms with van der Waals surface area (Å²) in [5.74, 6) is -2.54. The summed E-state index contributed by atoms with van der Waals surface area (Å²) in [5, 5.41) is 21.8. The number of carbonyl (C=O) groups is 1. The Morgan fingerprint density at radius 3 is 2.38 bits per heavy atom. The topological polar surface area (TPSA) is 102 Å². The molecule has 0 aromatic heterocycles. The van der Waals surface area contributed by atoms with Crippen LogP contribution in [-0.4, -0.2) is 21.7 Å². The lowest BCUT2D eigenvalue weighted by Gasteiger charge is -2.24. The van der Waals surface area contributed by atoms with Crippen LogP contribution in [0.2, 0.25) is 0 Å². The monoisotopic (exact) mass is 366 g/mol. The number of nitro benzene ring substituents is 1. The van der Waals surface area contributed by atoms with Crippen molar-refractivity contribution in [3.8, 4) is 11.5 Å². The van der Waals surface area contributed by atoms with Crippen LogP contribution < -0.4 is 10.1 Å². The summed E-state index contributed by atoms with van der Waals surface area (Å²) in [6.45, 7) is 3.45. The molecule has 2 aromatic rings. The third-order valence-electron chi connectivity index (χ3n) is 3.44. The minimum Gasteiger partial charge on any atom is -0.465 e. The molecule has 138 valence electrons.